The third-order valence-electron chi connectivity index (χ3n) is 8.96. The number of primary amides is 1. The number of rotatable bonds is 6. The molecule has 1 aromatic heterocycles. The number of carbonyl (C=O) groups excluding carboxylic acids is 5. The Bertz CT molecular complexity index is 1920. The summed E-state index contributed by atoms with van der Waals surface area (Å²) in [6, 6.07) is 15.2. The predicted molar refractivity (Wildman–Crippen MR) is 160 cm³/mol. The summed E-state index contributed by atoms with van der Waals surface area (Å²) in [5.74, 6) is -3.86. The summed E-state index contributed by atoms with van der Waals surface area (Å²) in [5, 5.41) is 7.54. The van der Waals surface area contributed by atoms with Crippen LogP contribution in [0.2, 0.25) is 0 Å². The van der Waals surface area contributed by atoms with Crippen LogP contribution in [0.4, 0.5) is 4.39 Å². The lowest BCUT2D eigenvalue weighted by Gasteiger charge is -2.33. The molecule has 0 bridgehead atoms. The quantitative estimate of drug-likeness (QED) is 0.320. The monoisotopic (exact) mass is 608 g/mol. The third kappa shape index (κ3) is 4.96. The molecular weight excluding hydrogens is 579 g/mol. The van der Waals surface area contributed by atoms with E-state index < -0.39 is 41.4 Å². The molecule has 5 amide bonds. The minimum absolute atomic E-state index is 0.00546. The summed E-state index contributed by atoms with van der Waals surface area (Å²) < 4.78 is 17.5. The smallest absolute Gasteiger partial charge is 0.265 e. The maximum Gasteiger partial charge on any atom is 0.265 e. The average molecular weight is 609 g/mol. The van der Waals surface area contributed by atoms with Crippen LogP contribution in [0.25, 0.3) is 16.6 Å². The van der Waals surface area contributed by atoms with Gasteiger partial charge in [0.2, 0.25) is 11.8 Å². The first-order valence-corrected chi connectivity index (χ1v) is 14.8. The van der Waals surface area contributed by atoms with Gasteiger partial charge in [-0.15, -0.1) is 0 Å². The summed E-state index contributed by atoms with van der Waals surface area (Å²) in [6.45, 7) is 1.69. The topological polar surface area (TPSA) is 148 Å². The number of piperidine rings is 2. The van der Waals surface area contributed by atoms with E-state index >= 15 is 4.39 Å². The number of nitrogens with zero attached hydrogens (tertiary/aromatic N) is 4. The van der Waals surface area contributed by atoms with Crippen molar-refractivity contribution >= 4 is 40.4 Å². The van der Waals surface area contributed by atoms with Crippen LogP contribution in [0.15, 0.2) is 60.8 Å². The predicted octanol–water partition coefficient (Wildman–Crippen LogP) is 3.04. The highest BCUT2D eigenvalue weighted by Gasteiger charge is 2.46. The van der Waals surface area contributed by atoms with E-state index in [0.29, 0.717) is 23.2 Å². The van der Waals surface area contributed by atoms with Gasteiger partial charge in [0.05, 0.1) is 22.4 Å². The maximum absolute atomic E-state index is 15.8. The molecule has 0 aliphatic carbocycles. The molecule has 3 aliphatic rings. The number of fused-ring (bicyclic) bond motifs is 2. The van der Waals surface area contributed by atoms with Gasteiger partial charge < -0.3 is 5.73 Å². The number of amides is 5. The molecule has 45 heavy (non-hydrogen) atoms. The number of benzene rings is 3. The zero-order valence-electron chi connectivity index (χ0n) is 24.2. The van der Waals surface area contributed by atoms with E-state index in [-0.39, 0.29) is 36.4 Å². The zero-order valence-corrected chi connectivity index (χ0v) is 24.2. The number of imide groups is 2. The highest BCUT2D eigenvalue weighted by molar-refractivity contribution is 6.23. The first-order valence-electron chi connectivity index (χ1n) is 14.8. The third-order valence-corrected chi connectivity index (χ3v) is 8.96. The Morgan fingerprint density at radius 1 is 1.00 bits per heavy atom. The molecule has 3 aliphatic heterocycles. The molecule has 0 spiro atoms. The lowest BCUT2D eigenvalue weighted by molar-refractivity contribution is -0.136. The first-order chi connectivity index (χ1) is 21.7. The summed E-state index contributed by atoms with van der Waals surface area (Å²) in [7, 11) is 0. The van der Waals surface area contributed by atoms with Crippen LogP contribution >= 0.6 is 0 Å². The molecule has 7 rings (SSSR count). The molecule has 0 saturated carbocycles. The second-order valence-electron chi connectivity index (χ2n) is 11.8. The molecule has 3 N–H and O–H groups in total. The van der Waals surface area contributed by atoms with Gasteiger partial charge in [-0.2, -0.15) is 5.10 Å². The van der Waals surface area contributed by atoms with Gasteiger partial charge >= 0.3 is 0 Å². The SMILES string of the molecule is NC(=O)c1cccc2cn(-c3ccc([C@@H]4CCCN(Cc5ccc6c(c5F)C(=O)N(C5CCC(=O)NC5=O)C6=O)C4)cc3)nc12. The number of carbonyl (C=O) groups is 5. The molecule has 2 saturated heterocycles. The summed E-state index contributed by atoms with van der Waals surface area (Å²) in [5.41, 5.74) is 8.31. The Kier molecular flexibility index (Phi) is 7.00. The highest BCUT2D eigenvalue weighted by atomic mass is 19.1. The number of halogens is 1. The van der Waals surface area contributed by atoms with Gasteiger partial charge in [0.25, 0.3) is 17.7 Å². The number of likely N-dealkylation sites (tertiary alicyclic amines) is 1. The van der Waals surface area contributed by atoms with Crippen LogP contribution in [0.5, 0.6) is 0 Å². The van der Waals surface area contributed by atoms with Crippen molar-refractivity contribution in [1.82, 2.24) is 24.9 Å². The van der Waals surface area contributed by atoms with Crippen LogP contribution in [0.1, 0.15) is 73.8 Å². The number of nitrogens with one attached hydrogen (secondary N) is 1. The molecule has 3 aromatic carbocycles. The second-order valence-corrected chi connectivity index (χ2v) is 11.8. The van der Waals surface area contributed by atoms with Crippen molar-refractivity contribution in [3.8, 4) is 5.69 Å². The number of hydrogen-bond donors (Lipinski definition) is 2. The largest absolute Gasteiger partial charge is 0.366 e. The van der Waals surface area contributed by atoms with E-state index in [1.54, 1.807) is 16.8 Å². The van der Waals surface area contributed by atoms with Crippen LogP contribution in [-0.2, 0) is 16.1 Å². The molecule has 2 atom stereocenters. The fraction of sp³-hybridized carbons (Fsp3) is 0.273. The van der Waals surface area contributed by atoms with Crippen molar-refractivity contribution in [2.45, 2.75) is 44.2 Å². The van der Waals surface area contributed by atoms with E-state index in [9.17, 15) is 24.0 Å². The van der Waals surface area contributed by atoms with Crippen LogP contribution in [-0.4, -0.2) is 68.2 Å². The van der Waals surface area contributed by atoms with Crippen molar-refractivity contribution in [1.29, 1.82) is 0 Å². The van der Waals surface area contributed by atoms with Gasteiger partial charge in [-0.1, -0.05) is 30.3 Å². The molecule has 4 heterocycles. The summed E-state index contributed by atoms with van der Waals surface area (Å²) >= 11 is 0. The summed E-state index contributed by atoms with van der Waals surface area (Å²) in [6.07, 6.45) is 3.72. The van der Waals surface area contributed by atoms with Gasteiger partial charge in [0, 0.05) is 36.7 Å². The lowest BCUT2D eigenvalue weighted by atomic mass is 9.90. The van der Waals surface area contributed by atoms with Crippen LogP contribution in [0, 0.1) is 5.82 Å². The lowest BCUT2D eigenvalue weighted by Crippen LogP contribution is -2.54. The van der Waals surface area contributed by atoms with E-state index in [1.165, 1.54) is 12.1 Å². The Morgan fingerprint density at radius 3 is 2.56 bits per heavy atom. The minimum Gasteiger partial charge on any atom is -0.366 e. The molecule has 11 nitrogen and oxygen atoms in total. The second kappa shape index (κ2) is 11.0. The van der Waals surface area contributed by atoms with Gasteiger partial charge in [0.1, 0.15) is 17.4 Å². The molecule has 1 unspecified atom stereocenters. The fourth-order valence-electron chi connectivity index (χ4n) is 6.67. The number of hydrogen-bond acceptors (Lipinski definition) is 7. The number of nitrogens with two attached hydrogens (primary N) is 1. The van der Waals surface area contributed by atoms with Gasteiger partial charge in [-0.05, 0) is 61.6 Å². The molecular formula is C33H29FN6O5. The maximum atomic E-state index is 15.8. The normalized spacial score (nSPS) is 20.5. The van der Waals surface area contributed by atoms with Crippen LogP contribution in [0.3, 0.4) is 0 Å². The minimum atomic E-state index is -1.15. The summed E-state index contributed by atoms with van der Waals surface area (Å²) in [4.78, 5) is 64.9. The fourth-order valence-corrected chi connectivity index (χ4v) is 6.67. The Labute approximate surface area is 256 Å². The van der Waals surface area contributed by atoms with Crippen molar-refractivity contribution in [2.24, 2.45) is 5.73 Å². The molecule has 4 aromatic rings. The van der Waals surface area contributed by atoms with Crippen molar-refractivity contribution in [2.75, 3.05) is 13.1 Å². The Hall–Kier alpha value is -5.23. The molecule has 0 radical (unpaired) electrons. The van der Waals surface area contributed by atoms with Crippen LogP contribution < -0.4 is 11.1 Å². The first kappa shape index (κ1) is 28.5. The van der Waals surface area contributed by atoms with E-state index in [4.69, 9.17) is 5.73 Å². The Balaban J connectivity index is 1.06. The molecule has 228 valence electrons. The van der Waals surface area contributed by atoms with Gasteiger partial charge in [-0.25, -0.2) is 9.07 Å². The number of aromatic nitrogens is 2. The van der Waals surface area contributed by atoms with Gasteiger partial charge in [-0.3, -0.25) is 39.1 Å². The van der Waals surface area contributed by atoms with E-state index in [1.807, 2.05) is 24.4 Å². The van der Waals surface area contributed by atoms with Crippen molar-refractivity contribution in [3.63, 3.8) is 0 Å². The van der Waals surface area contributed by atoms with E-state index in [0.717, 1.165) is 40.9 Å². The molecule has 2 fully saturated rings. The van der Waals surface area contributed by atoms with Crippen molar-refractivity contribution in [3.05, 3.63) is 94.4 Å². The van der Waals surface area contributed by atoms with Crippen molar-refractivity contribution < 1.29 is 28.4 Å². The molecule has 12 heteroatoms. The highest BCUT2D eigenvalue weighted by Crippen LogP contribution is 2.33. The zero-order chi connectivity index (χ0) is 31.4. The van der Waals surface area contributed by atoms with E-state index in [2.05, 4.69) is 27.4 Å². The Morgan fingerprint density at radius 2 is 1.80 bits per heavy atom. The average Bonchev–Trinajstić information content (AvgIpc) is 3.58. The standard InChI is InChI=1S/C33H29FN6O5/c34-28-20(8-11-23-27(28)33(45)40(32(23)44)25-12-13-26(41)36-31(25)43)16-38-14-2-4-19(15-38)18-6-9-22(10-7-18)39-17-21-3-1-5-24(30(35)42)29(21)37-39/h1,3,5-11,17,19,25H,2,4,12-16H2,(H2,35,42)(H,36,41,43)/t19-,25?/m1/s1. The van der Waals surface area contributed by atoms with Gasteiger partial charge in [0.15, 0.2) is 0 Å².